The molecule has 0 aromatic rings. The summed E-state index contributed by atoms with van der Waals surface area (Å²) < 4.78 is 10.8. The largest absolute Gasteiger partial charge is 0.391 e. The fourth-order valence-corrected chi connectivity index (χ4v) is 2.27. The van der Waals surface area contributed by atoms with Gasteiger partial charge in [-0.1, -0.05) is 6.92 Å². The van der Waals surface area contributed by atoms with Gasteiger partial charge in [0.05, 0.1) is 13.2 Å². The van der Waals surface area contributed by atoms with E-state index in [0.29, 0.717) is 12.8 Å². The maximum absolute atomic E-state index is 10.1. The second-order valence-corrected chi connectivity index (χ2v) is 4.25. The van der Waals surface area contributed by atoms with Crippen molar-refractivity contribution >= 4 is 0 Å². The van der Waals surface area contributed by atoms with Crippen LogP contribution in [0.1, 0.15) is 26.7 Å². The highest BCUT2D eigenvalue weighted by Crippen LogP contribution is 2.53. The van der Waals surface area contributed by atoms with E-state index in [0.717, 1.165) is 0 Å². The van der Waals surface area contributed by atoms with Crippen molar-refractivity contribution in [1.29, 1.82) is 0 Å². The number of rotatable bonds is 2. The van der Waals surface area contributed by atoms with Crippen molar-refractivity contribution in [1.82, 2.24) is 0 Å². The van der Waals surface area contributed by atoms with Crippen molar-refractivity contribution < 1.29 is 19.7 Å². The van der Waals surface area contributed by atoms with E-state index in [9.17, 15) is 5.11 Å². The molecule has 3 unspecified atom stereocenters. The summed E-state index contributed by atoms with van der Waals surface area (Å²) in [7, 11) is 0. The van der Waals surface area contributed by atoms with Gasteiger partial charge < -0.3 is 19.7 Å². The molecule has 0 aromatic heterocycles. The lowest BCUT2D eigenvalue weighted by Crippen LogP contribution is -2.77. The Hall–Kier alpha value is -0.160. The van der Waals surface area contributed by atoms with E-state index in [2.05, 4.69) is 0 Å². The Morgan fingerprint density at radius 1 is 1.46 bits per heavy atom. The van der Waals surface area contributed by atoms with Gasteiger partial charge in [0.25, 0.3) is 0 Å². The minimum absolute atomic E-state index is 0.137. The highest BCUT2D eigenvalue weighted by molar-refractivity contribution is 5.11. The maximum Gasteiger partial charge on any atom is 0.195 e. The summed E-state index contributed by atoms with van der Waals surface area (Å²) in [5.74, 6) is -0.823. The first-order valence-electron chi connectivity index (χ1n) is 4.67. The summed E-state index contributed by atoms with van der Waals surface area (Å²) >= 11 is 0. The van der Waals surface area contributed by atoms with E-state index < -0.39 is 17.0 Å². The quantitative estimate of drug-likeness (QED) is 0.641. The summed E-state index contributed by atoms with van der Waals surface area (Å²) in [6.45, 7) is 3.89. The average molecular weight is 188 g/mol. The van der Waals surface area contributed by atoms with Crippen LogP contribution in [0.3, 0.4) is 0 Å². The molecule has 3 aliphatic rings. The highest BCUT2D eigenvalue weighted by Gasteiger charge is 2.67. The van der Waals surface area contributed by atoms with E-state index in [-0.39, 0.29) is 13.2 Å². The Balaban J connectivity index is 2.18. The molecule has 2 N–H and O–H groups in total. The van der Waals surface area contributed by atoms with Crippen LogP contribution in [0.15, 0.2) is 0 Å². The first-order chi connectivity index (χ1) is 5.99. The zero-order chi connectivity index (χ0) is 9.74. The molecule has 0 amide bonds. The van der Waals surface area contributed by atoms with Crippen LogP contribution in [-0.2, 0) is 9.47 Å². The molecule has 3 atom stereocenters. The molecular formula is C9H16O4. The van der Waals surface area contributed by atoms with Crippen molar-refractivity contribution in [3.63, 3.8) is 0 Å². The minimum atomic E-state index is -0.899. The van der Waals surface area contributed by atoms with Gasteiger partial charge in [-0.05, 0) is 13.3 Å². The normalized spacial score (nSPS) is 54.5. The lowest BCUT2D eigenvalue weighted by molar-refractivity contribution is -0.472. The number of fused-ring (bicyclic) bond motifs is 2. The fraction of sp³-hybridized carbons (Fsp3) is 1.00. The lowest BCUT2D eigenvalue weighted by atomic mass is 9.71. The number of aliphatic hydroxyl groups is 2. The molecule has 0 saturated carbocycles. The molecule has 4 nitrogen and oxygen atoms in total. The zero-order valence-corrected chi connectivity index (χ0v) is 8.04. The van der Waals surface area contributed by atoms with Crippen LogP contribution in [0.4, 0.5) is 0 Å². The van der Waals surface area contributed by atoms with E-state index in [1.807, 2.05) is 13.8 Å². The third-order valence-corrected chi connectivity index (χ3v) is 3.40. The van der Waals surface area contributed by atoms with Gasteiger partial charge in [-0.15, -0.1) is 0 Å². The average Bonchev–Trinajstić information content (AvgIpc) is 2.08. The van der Waals surface area contributed by atoms with Gasteiger partial charge in [-0.3, -0.25) is 0 Å². The summed E-state index contributed by atoms with van der Waals surface area (Å²) in [5, 5.41) is 19.1. The van der Waals surface area contributed by atoms with Crippen molar-refractivity contribution in [2.45, 2.75) is 43.7 Å². The summed E-state index contributed by atoms with van der Waals surface area (Å²) in [6, 6.07) is 0. The summed E-state index contributed by atoms with van der Waals surface area (Å²) in [6.07, 6.45) is 1.17. The third-order valence-electron chi connectivity index (χ3n) is 3.40. The monoisotopic (exact) mass is 188 g/mol. The molecule has 0 radical (unpaired) electrons. The SMILES string of the molecule is CCC1(O)COC2(CO)CC1(C)O2. The Morgan fingerprint density at radius 2 is 2.08 bits per heavy atom. The van der Waals surface area contributed by atoms with Crippen LogP contribution < -0.4 is 0 Å². The standard InChI is InChI=1S/C9H16O4/c1-3-8(11)6-12-9(5-10)4-7(8,2)13-9/h10-11H,3-6H2,1-2H3. The number of hydrogen-bond acceptors (Lipinski definition) is 4. The summed E-state index contributed by atoms with van der Waals surface area (Å²) in [5.41, 5.74) is -1.44. The minimum Gasteiger partial charge on any atom is -0.391 e. The second-order valence-electron chi connectivity index (χ2n) is 4.25. The number of hydrogen-bond donors (Lipinski definition) is 2. The zero-order valence-electron chi connectivity index (χ0n) is 8.04. The van der Waals surface area contributed by atoms with Crippen LogP contribution >= 0.6 is 0 Å². The van der Waals surface area contributed by atoms with Gasteiger partial charge in [0, 0.05) is 6.42 Å². The van der Waals surface area contributed by atoms with Crippen molar-refractivity contribution in [3.8, 4) is 0 Å². The van der Waals surface area contributed by atoms with Crippen LogP contribution in [0, 0.1) is 0 Å². The fourth-order valence-electron chi connectivity index (χ4n) is 2.27. The van der Waals surface area contributed by atoms with E-state index in [1.54, 1.807) is 0 Å². The molecule has 76 valence electrons. The molecule has 3 heterocycles. The number of aliphatic hydroxyl groups excluding tert-OH is 1. The topological polar surface area (TPSA) is 58.9 Å². The van der Waals surface area contributed by atoms with Crippen molar-refractivity contribution in [2.24, 2.45) is 0 Å². The van der Waals surface area contributed by atoms with E-state index in [4.69, 9.17) is 14.6 Å². The molecule has 2 bridgehead atoms. The molecule has 4 heteroatoms. The van der Waals surface area contributed by atoms with Crippen LogP contribution in [-0.4, -0.2) is 40.4 Å². The smallest absolute Gasteiger partial charge is 0.195 e. The molecule has 0 aromatic carbocycles. The van der Waals surface area contributed by atoms with Gasteiger partial charge in [-0.2, -0.15) is 0 Å². The Bertz CT molecular complexity index is 222. The molecule has 3 fully saturated rings. The highest BCUT2D eigenvalue weighted by atomic mass is 16.8. The third kappa shape index (κ3) is 1.00. The van der Waals surface area contributed by atoms with E-state index in [1.165, 1.54) is 0 Å². The van der Waals surface area contributed by atoms with Gasteiger partial charge in [-0.25, -0.2) is 0 Å². The molecule has 3 rings (SSSR count). The van der Waals surface area contributed by atoms with Crippen LogP contribution in [0.5, 0.6) is 0 Å². The Kier molecular flexibility index (Phi) is 1.77. The first-order valence-corrected chi connectivity index (χ1v) is 4.67. The Morgan fingerprint density at radius 3 is 2.46 bits per heavy atom. The molecule has 0 aliphatic carbocycles. The number of ether oxygens (including phenoxy) is 2. The first kappa shape index (κ1) is 9.40. The van der Waals surface area contributed by atoms with Crippen LogP contribution in [0.25, 0.3) is 0 Å². The summed E-state index contributed by atoms with van der Waals surface area (Å²) in [4.78, 5) is 0. The predicted molar refractivity (Wildman–Crippen MR) is 45.1 cm³/mol. The molecule has 0 spiro atoms. The predicted octanol–water partition coefficient (Wildman–Crippen LogP) is 0.0253. The lowest BCUT2D eigenvalue weighted by Gasteiger charge is -2.64. The molecule has 13 heavy (non-hydrogen) atoms. The Labute approximate surface area is 77.5 Å². The van der Waals surface area contributed by atoms with Gasteiger partial charge in [0.2, 0.25) is 0 Å². The van der Waals surface area contributed by atoms with Crippen molar-refractivity contribution in [2.75, 3.05) is 13.2 Å². The molecule has 3 saturated heterocycles. The van der Waals surface area contributed by atoms with Crippen LogP contribution in [0.2, 0.25) is 0 Å². The second kappa shape index (κ2) is 2.45. The van der Waals surface area contributed by atoms with Crippen molar-refractivity contribution in [3.05, 3.63) is 0 Å². The maximum atomic E-state index is 10.1. The van der Waals surface area contributed by atoms with Gasteiger partial charge >= 0.3 is 0 Å². The van der Waals surface area contributed by atoms with E-state index >= 15 is 0 Å². The van der Waals surface area contributed by atoms with Gasteiger partial charge in [0.1, 0.15) is 11.2 Å². The molecule has 3 aliphatic heterocycles. The van der Waals surface area contributed by atoms with Gasteiger partial charge in [0.15, 0.2) is 5.79 Å². The molecular weight excluding hydrogens is 172 g/mol.